The summed E-state index contributed by atoms with van der Waals surface area (Å²) in [4.78, 5) is 14.6. The predicted octanol–water partition coefficient (Wildman–Crippen LogP) is 3.65. The van der Waals surface area contributed by atoms with Crippen LogP contribution in [0, 0.1) is 0 Å². The summed E-state index contributed by atoms with van der Waals surface area (Å²) in [7, 11) is 0. The van der Waals surface area contributed by atoms with Crippen molar-refractivity contribution in [1.82, 2.24) is 4.90 Å². The van der Waals surface area contributed by atoms with Crippen LogP contribution in [0.1, 0.15) is 37.8 Å². The Morgan fingerprint density at radius 1 is 1.27 bits per heavy atom. The van der Waals surface area contributed by atoms with E-state index in [4.69, 9.17) is 0 Å². The lowest BCUT2D eigenvalue weighted by Gasteiger charge is -2.31. The Labute approximate surface area is 136 Å². The summed E-state index contributed by atoms with van der Waals surface area (Å²) in [6, 6.07) is 11.9. The van der Waals surface area contributed by atoms with E-state index in [0.29, 0.717) is 13.1 Å². The lowest BCUT2D eigenvalue weighted by atomic mass is 10.0. The quantitative estimate of drug-likeness (QED) is 0.883. The minimum Gasteiger partial charge on any atom is -0.389 e. The molecule has 1 N–H and O–H groups in total. The summed E-state index contributed by atoms with van der Waals surface area (Å²) in [5.41, 5.74) is 1.18. The second-order valence-corrected chi connectivity index (χ2v) is 7.05. The normalized spacial score (nSPS) is 12.9. The van der Waals surface area contributed by atoms with Crippen molar-refractivity contribution >= 4 is 17.2 Å². The third-order valence-corrected chi connectivity index (χ3v) is 4.22. The van der Waals surface area contributed by atoms with Crippen LogP contribution in [0.15, 0.2) is 47.2 Å². The lowest BCUT2D eigenvalue weighted by Crippen LogP contribution is -2.43. The lowest BCUT2D eigenvalue weighted by molar-refractivity contribution is -0.136. The Hall–Kier alpha value is -1.65. The third kappa shape index (κ3) is 4.68. The molecule has 1 aromatic carbocycles. The summed E-state index contributed by atoms with van der Waals surface area (Å²) in [6.45, 7) is 6.21. The Bertz CT molecular complexity index is 587. The fourth-order valence-electron chi connectivity index (χ4n) is 2.42. The van der Waals surface area contributed by atoms with E-state index in [-0.39, 0.29) is 11.8 Å². The van der Waals surface area contributed by atoms with E-state index < -0.39 is 5.60 Å². The number of carbonyl (C=O) groups is 1. The Balaban J connectivity index is 2.18. The maximum Gasteiger partial charge on any atom is 0.230 e. The minimum atomic E-state index is -0.918. The van der Waals surface area contributed by atoms with Crippen LogP contribution in [-0.4, -0.2) is 28.1 Å². The smallest absolute Gasteiger partial charge is 0.230 e. The van der Waals surface area contributed by atoms with E-state index in [1.807, 2.05) is 54.1 Å². The molecule has 0 aliphatic rings. The third-order valence-electron chi connectivity index (χ3n) is 3.52. The zero-order chi connectivity index (χ0) is 16.2. The standard InChI is InChI=1S/C18H23NO2S/c1-14(16-9-10-22-12-16)17(20)19(13-18(2,3)21)11-15-7-5-4-6-8-15/h4-10,12,14,21H,11,13H2,1-3H3. The van der Waals surface area contributed by atoms with Gasteiger partial charge < -0.3 is 10.0 Å². The fourth-order valence-corrected chi connectivity index (χ4v) is 3.17. The number of hydrogen-bond acceptors (Lipinski definition) is 3. The van der Waals surface area contributed by atoms with Crippen LogP contribution in [0.2, 0.25) is 0 Å². The molecule has 2 rings (SSSR count). The van der Waals surface area contributed by atoms with Gasteiger partial charge in [-0.05, 0) is 48.7 Å². The highest BCUT2D eigenvalue weighted by molar-refractivity contribution is 7.08. The molecular formula is C18H23NO2S. The highest BCUT2D eigenvalue weighted by atomic mass is 32.1. The Morgan fingerprint density at radius 3 is 2.50 bits per heavy atom. The molecule has 1 atom stereocenters. The van der Waals surface area contributed by atoms with Crippen molar-refractivity contribution in [2.24, 2.45) is 0 Å². The maximum absolute atomic E-state index is 12.8. The van der Waals surface area contributed by atoms with Gasteiger partial charge in [0.15, 0.2) is 0 Å². The van der Waals surface area contributed by atoms with Gasteiger partial charge in [0.2, 0.25) is 5.91 Å². The molecule has 0 aliphatic heterocycles. The molecule has 0 fully saturated rings. The first-order valence-corrected chi connectivity index (χ1v) is 8.38. The van der Waals surface area contributed by atoms with Crippen molar-refractivity contribution in [2.75, 3.05) is 6.54 Å². The van der Waals surface area contributed by atoms with E-state index >= 15 is 0 Å². The number of hydrogen-bond donors (Lipinski definition) is 1. The molecule has 0 aliphatic carbocycles. The van der Waals surface area contributed by atoms with Gasteiger partial charge in [-0.15, -0.1) is 0 Å². The first-order valence-electron chi connectivity index (χ1n) is 7.44. The molecule has 1 amide bonds. The van der Waals surface area contributed by atoms with E-state index in [1.165, 1.54) is 0 Å². The Kier molecular flexibility index (Phi) is 5.37. The van der Waals surface area contributed by atoms with E-state index in [9.17, 15) is 9.90 Å². The summed E-state index contributed by atoms with van der Waals surface area (Å²) in [6.07, 6.45) is 0. The summed E-state index contributed by atoms with van der Waals surface area (Å²) in [5.74, 6) is -0.151. The number of aliphatic hydroxyl groups is 1. The van der Waals surface area contributed by atoms with Crippen molar-refractivity contribution < 1.29 is 9.90 Å². The summed E-state index contributed by atoms with van der Waals surface area (Å²) < 4.78 is 0. The topological polar surface area (TPSA) is 40.5 Å². The van der Waals surface area contributed by atoms with Crippen molar-refractivity contribution in [3.05, 3.63) is 58.3 Å². The first-order chi connectivity index (χ1) is 10.4. The number of carbonyl (C=O) groups excluding carboxylic acids is 1. The van der Waals surface area contributed by atoms with Crippen LogP contribution < -0.4 is 0 Å². The van der Waals surface area contributed by atoms with Gasteiger partial charge in [0, 0.05) is 13.1 Å². The molecular weight excluding hydrogens is 294 g/mol. The molecule has 4 heteroatoms. The van der Waals surface area contributed by atoms with Gasteiger partial charge in [0.1, 0.15) is 0 Å². The number of amides is 1. The van der Waals surface area contributed by atoms with E-state index in [2.05, 4.69) is 0 Å². The van der Waals surface area contributed by atoms with Crippen molar-refractivity contribution in [2.45, 2.75) is 38.8 Å². The van der Waals surface area contributed by atoms with Gasteiger partial charge in [-0.3, -0.25) is 4.79 Å². The van der Waals surface area contributed by atoms with Crippen molar-refractivity contribution in [3.63, 3.8) is 0 Å². The summed E-state index contributed by atoms with van der Waals surface area (Å²) >= 11 is 1.59. The van der Waals surface area contributed by atoms with Gasteiger partial charge in [-0.25, -0.2) is 0 Å². The molecule has 0 spiro atoms. The second kappa shape index (κ2) is 7.07. The predicted molar refractivity (Wildman–Crippen MR) is 90.9 cm³/mol. The van der Waals surface area contributed by atoms with Gasteiger partial charge in [-0.2, -0.15) is 11.3 Å². The molecule has 22 heavy (non-hydrogen) atoms. The zero-order valence-corrected chi connectivity index (χ0v) is 14.1. The summed E-state index contributed by atoms with van der Waals surface area (Å²) in [5, 5.41) is 14.1. The van der Waals surface area contributed by atoms with Crippen LogP contribution >= 0.6 is 11.3 Å². The van der Waals surface area contributed by atoms with E-state index in [0.717, 1.165) is 11.1 Å². The van der Waals surface area contributed by atoms with Crippen LogP contribution in [0.4, 0.5) is 0 Å². The Morgan fingerprint density at radius 2 is 1.95 bits per heavy atom. The highest BCUT2D eigenvalue weighted by Crippen LogP contribution is 2.22. The van der Waals surface area contributed by atoms with Crippen molar-refractivity contribution in [1.29, 1.82) is 0 Å². The molecule has 118 valence electrons. The fraction of sp³-hybridized carbons (Fsp3) is 0.389. The first kappa shape index (κ1) is 16.7. The molecule has 1 aromatic heterocycles. The van der Waals surface area contributed by atoms with Crippen LogP contribution in [0.3, 0.4) is 0 Å². The number of thiophene rings is 1. The minimum absolute atomic E-state index is 0.0457. The highest BCUT2D eigenvalue weighted by Gasteiger charge is 2.27. The molecule has 2 aromatic rings. The molecule has 3 nitrogen and oxygen atoms in total. The number of benzene rings is 1. The molecule has 1 heterocycles. The molecule has 0 radical (unpaired) electrons. The van der Waals surface area contributed by atoms with Gasteiger partial charge in [0.25, 0.3) is 0 Å². The van der Waals surface area contributed by atoms with Crippen LogP contribution in [-0.2, 0) is 11.3 Å². The molecule has 0 saturated heterocycles. The molecule has 0 bridgehead atoms. The average molecular weight is 317 g/mol. The maximum atomic E-state index is 12.8. The van der Waals surface area contributed by atoms with Crippen molar-refractivity contribution in [3.8, 4) is 0 Å². The SMILES string of the molecule is CC(C(=O)N(Cc1ccccc1)CC(C)(C)O)c1ccsc1. The molecule has 0 saturated carbocycles. The van der Waals surface area contributed by atoms with Gasteiger partial charge in [-0.1, -0.05) is 30.3 Å². The van der Waals surface area contributed by atoms with Gasteiger partial charge >= 0.3 is 0 Å². The number of nitrogens with zero attached hydrogens (tertiary/aromatic N) is 1. The average Bonchev–Trinajstić information content (AvgIpc) is 2.99. The van der Waals surface area contributed by atoms with E-state index in [1.54, 1.807) is 30.1 Å². The van der Waals surface area contributed by atoms with Gasteiger partial charge in [0.05, 0.1) is 11.5 Å². The molecule has 1 unspecified atom stereocenters. The van der Waals surface area contributed by atoms with Crippen LogP contribution in [0.5, 0.6) is 0 Å². The zero-order valence-electron chi connectivity index (χ0n) is 13.3. The van der Waals surface area contributed by atoms with Crippen LogP contribution in [0.25, 0.3) is 0 Å². The number of rotatable bonds is 6. The largest absolute Gasteiger partial charge is 0.389 e. The second-order valence-electron chi connectivity index (χ2n) is 6.27. The monoisotopic (exact) mass is 317 g/mol.